The number of carbonyl (C=O) groups is 1. The Morgan fingerprint density at radius 3 is 2.67 bits per heavy atom. The first-order valence-corrected chi connectivity index (χ1v) is 6.66. The van der Waals surface area contributed by atoms with Crippen LogP contribution in [0.25, 0.3) is 0 Å². The zero-order chi connectivity index (χ0) is 13.0. The molecule has 0 aliphatic heterocycles. The second kappa shape index (κ2) is 5.98. The number of Topliss-reactive ketones (excluding diaryl/α,β-unsaturated/α-hetero) is 1. The lowest BCUT2D eigenvalue weighted by Gasteiger charge is -2.08. The maximum absolute atomic E-state index is 12.2. The monoisotopic (exact) mass is 278 g/mol. The lowest BCUT2D eigenvalue weighted by Crippen LogP contribution is -2.13. The van der Waals surface area contributed by atoms with E-state index in [0.29, 0.717) is 15.7 Å². The predicted octanol–water partition coefficient (Wildman–Crippen LogP) is 3.49. The van der Waals surface area contributed by atoms with Gasteiger partial charge in [0.25, 0.3) is 0 Å². The van der Waals surface area contributed by atoms with Crippen molar-refractivity contribution in [2.24, 2.45) is 0 Å². The number of thioether (sulfide) groups is 1. The van der Waals surface area contributed by atoms with Crippen LogP contribution in [-0.2, 0) is 0 Å². The van der Waals surface area contributed by atoms with Gasteiger partial charge in [0, 0.05) is 23.0 Å². The summed E-state index contributed by atoms with van der Waals surface area (Å²) in [5, 5.41) is 0.917. The van der Waals surface area contributed by atoms with Crippen LogP contribution in [0.4, 0.5) is 0 Å². The van der Waals surface area contributed by atoms with Gasteiger partial charge in [-0.05, 0) is 25.1 Å². The molecule has 2 aromatic rings. The van der Waals surface area contributed by atoms with Gasteiger partial charge < -0.3 is 0 Å². The predicted molar refractivity (Wildman–Crippen MR) is 73.1 cm³/mol. The van der Waals surface area contributed by atoms with Gasteiger partial charge in [-0.1, -0.05) is 35.5 Å². The third kappa shape index (κ3) is 3.31. The largest absolute Gasteiger partial charge is 0.293 e. The minimum Gasteiger partial charge on any atom is -0.293 e. The molecule has 0 N–H and O–H groups in total. The highest BCUT2D eigenvalue weighted by Gasteiger charge is 2.17. The molecule has 0 radical (unpaired) electrons. The highest BCUT2D eigenvalue weighted by Crippen LogP contribution is 2.22. The number of benzene rings is 1. The molecular formula is C13H11ClN2OS. The standard InChI is InChI=1S/C13H11ClN2OS/c1-9(18-13-15-6-3-7-16-13)12(17)10-4-2-5-11(14)8-10/h2-9H,1H3. The summed E-state index contributed by atoms with van der Waals surface area (Å²) in [5.41, 5.74) is 0.610. The molecule has 1 aromatic carbocycles. The van der Waals surface area contributed by atoms with Gasteiger partial charge in [0.15, 0.2) is 10.9 Å². The van der Waals surface area contributed by atoms with E-state index in [4.69, 9.17) is 11.6 Å². The summed E-state index contributed by atoms with van der Waals surface area (Å²) < 4.78 is 0. The van der Waals surface area contributed by atoms with Gasteiger partial charge >= 0.3 is 0 Å². The molecule has 0 aliphatic rings. The summed E-state index contributed by atoms with van der Waals surface area (Å²) >= 11 is 7.21. The van der Waals surface area contributed by atoms with E-state index >= 15 is 0 Å². The summed E-state index contributed by atoms with van der Waals surface area (Å²) in [6.45, 7) is 1.84. The molecule has 0 spiro atoms. The SMILES string of the molecule is CC(Sc1ncccn1)C(=O)c1cccc(Cl)c1. The Balaban J connectivity index is 2.10. The third-order valence-electron chi connectivity index (χ3n) is 2.30. The van der Waals surface area contributed by atoms with Crippen LogP contribution in [0.5, 0.6) is 0 Å². The number of rotatable bonds is 4. The first kappa shape index (κ1) is 13.1. The van der Waals surface area contributed by atoms with Crippen LogP contribution in [-0.4, -0.2) is 21.0 Å². The first-order chi connectivity index (χ1) is 8.66. The zero-order valence-electron chi connectivity index (χ0n) is 9.71. The molecule has 2 rings (SSSR count). The highest BCUT2D eigenvalue weighted by molar-refractivity contribution is 8.00. The molecule has 1 aromatic heterocycles. The van der Waals surface area contributed by atoms with Gasteiger partial charge in [-0.2, -0.15) is 0 Å². The van der Waals surface area contributed by atoms with Crippen LogP contribution in [0.2, 0.25) is 5.02 Å². The van der Waals surface area contributed by atoms with Gasteiger partial charge in [-0.15, -0.1) is 0 Å². The highest BCUT2D eigenvalue weighted by atomic mass is 35.5. The molecule has 0 saturated carbocycles. The second-order valence-electron chi connectivity index (χ2n) is 3.67. The number of carbonyl (C=O) groups excluding carboxylic acids is 1. The van der Waals surface area contributed by atoms with Crippen LogP contribution < -0.4 is 0 Å². The lowest BCUT2D eigenvalue weighted by molar-refractivity contribution is 0.0994. The van der Waals surface area contributed by atoms with Crippen molar-refractivity contribution in [3.63, 3.8) is 0 Å². The van der Waals surface area contributed by atoms with Crippen LogP contribution >= 0.6 is 23.4 Å². The van der Waals surface area contributed by atoms with Crippen molar-refractivity contribution < 1.29 is 4.79 Å². The first-order valence-electron chi connectivity index (χ1n) is 5.40. The van der Waals surface area contributed by atoms with Crippen LogP contribution in [0.1, 0.15) is 17.3 Å². The molecule has 18 heavy (non-hydrogen) atoms. The van der Waals surface area contributed by atoms with E-state index in [1.165, 1.54) is 11.8 Å². The number of ketones is 1. The Hall–Kier alpha value is -1.39. The molecule has 0 amide bonds. The fraction of sp³-hybridized carbons (Fsp3) is 0.154. The second-order valence-corrected chi connectivity index (χ2v) is 5.41. The van der Waals surface area contributed by atoms with E-state index in [-0.39, 0.29) is 11.0 Å². The van der Waals surface area contributed by atoms with Crippen LogP contribution in [0, 0.1) is 0 Å². The summed E-state index contributed by atoms with van der Waals surface area (Å²) in [7, 11) is 0. The van der Waals surface area contributed by atoms with Crippen molar-refractivity contribution in [2.75, 3.05) is 0 Å². The number of halogens is 1. The van der Waals surface area contributed by atoms with Crippen molar-refractivity contribution >= 4 is 29.1 Å². The smallest absolute Gasteiger partial charge is 0.188 e. The van der Waals surface area contributed by atoms with Crippen molar-refractivity contribution in [3.8, 4) is 0 Å². The van der Waals surface area contributed by atoms with Crippen LogP contribution in [0.15, 0.2) is 47.9 Å². The number of hydrogen-bond acceptors (Lipinski definition) is 4. The molecule has 3 nitrogen and oxygen atoms in total. The number of aromatic nitrogens is 2. The Labute approximate surface area is 115 Å². The molecule has 1 atom stereocenters. The average molecular weight is 279 g/mol. The number of nitrogens with zero attached hydrogens (tertiary/aromatic N) is 2. The maximum atomic E-state index is 12.2. The molecule has 5 heteroatoms. The minimum atomic E-state index is -0.245. The Kier molecular flexibility index (Phi) is 4.33. The average Bonchev–Trinajstić information content (AvgIpc) is 2.39. The maximum Gasteiger partial charge on any atom is 0.188 e. The van der Waals surface area contributed by atoms with Crippen molar-refractivity contribution in [2.45, 2.75) is 17.3 Å². The van der Waals surface area contributed by atoms with Crippen molar-refractivity contribution in [1.82, 2.24) is 9.97 Å². The lowest BCUT2D eigenvalue weighted by atomic mass is 10.1. The summed E-state index contributed by atoms with van der Waals surface area (Å²) in [5.74, 6) is 0.0231. The van der Waals surface area contributed by atoms with Gasteiger partial charge in [0.2, 0.25) is 0 Å². The molecule has 1 unspecified atom stereocenters. The third-order valence-corrected chi connectivity index (χ3v) is 3.53. The Morgan fingerprint density at radius 2 is 2.00 bits per heavy atom. The molecule has 0 saturated heterocycles. The topological polar surface area (TPSA) is 42.9 Å². The molecule has 92 valence electrons. The van der Waals surface area contributed by atoms with E-state index in [1.807, 2.05) is 6.92 Å². The summed E-state index contributed by atoms with van der Waals surface area (Å²) in [4.78, 5) is 20.3. The van der Waals surface area contributed by atoms with Crippen LogP contribution in [0.3, 0.4) is 0 Å². The van der Waals surface area contributed by atoms with E-state index in [0.717, 1.165) is 0 Å². The quantitative estimate of drug-likeness (QED) is 0.488. The van der Waals surface area contributed by atoms with E-state index in [2.05, 4.69) is 9.97 Å². The Bertz CT molecular complexity index is 548. The van der Waals surface area contributed by atoms with E-state index in [1.54, 1.807) is 42.7 Å². The van der Waals surface area contributed by atoms with Crippen molar-refractivity contribution in [1.29, 1.82) is 0 Å². The van der Waals surface area contributed by atoms with Gasteiger partial charge in [-0.3, -0.25) is 4.79 Å². The van der Waals surface area contributed by atoms with Gasteiger partial charge in [0.1, 0.15) is 0 Å². The van der Waals surface area contributed by atoms with E-state index < -0.39 is 0 Å². The molecule has 0 bridgehead atoms. The molecule has 0 fully saturated rings. The molecule has 1 heterocycles. The summed E-state index contributed by atoms with van der Waals surface area (Å²) in [6.07, 6.45) is 3.32. The summed E-state index contributed by atoms with van der Waals surface area (Å²) in [6, 6.07) is 8.69. The molecule has 0 aliphatic carbocycles. The normalized spacial score (nSPS) is 12.1. The zero-order valence-corrected chi connectivity index (χ0v) is 11.3. The Morgan fingerprint density at radius 1 is 1.28 bits per heavy atom. The fourth-order valence-electron chi connectivity index (χ4n) is 1.43. The fourth-order valence-corrected chi connectivity index (χ4v) is 2.43. The van der Waals surface area contributed by atoms with E-state index in [9.17, 15) is 4.79 Å². The van der Waals surface area contributed by atoms with Gasteiger partial charge in [0.05, 0.1) is 5.25 Å². The van der Waals surface area contributed by atoms with Crippen molar-refractivity contribution in [3.05, 3.63) is 53.3 Å². The number of hydrogen-bond donors (Lipinski definition) is 0. The molecular weight excluding hydrogens is 268 g/mol. The van der Waals surface area contributed by atoms with Gasteiger partial charge in [-0.25, -0.2) is 9.97 Å². The minimum absolute atomic E-state index is 0.0231.